The molecule has 49 heavy (non-hydrogen) atoms. The first kappa shape index (κ1) is 35.4. The minimum Gasteiger partial charge on any atom is -0.444 e. The summed E-state index contributed by atoms with van der Waals surface area (Å²) in [6.07, 6.45) is 6.31. The number of hydrogen-bond donors (Lipinski definition) is 1. The van der Waals surface area contributed by atoms with Crippen molar-refractivity contribution in [3.05, 3.63) is 105 Å². The van der Waals surface area contributed by atoms with Gasteiger partial charge < -0.3 is 19.9 Å². The minimum absolute atomic E-state index is 0.121. The number of nitrogens with zero attached hydrogens (tertiary/aromatic N) is 3. The van der Waals surface area contributed by atoms with Crippen LogP contribution in [0.1, 0.15) is 79.3 Å². The lowest BCUT2D eigenvalue weighted by molar-refractivity contribution is -0.134. The summed E-state index contributed by atoms with van der Waals surface area (Å²) in [6, 6.07) is 22.9. The molecule has 3 aliphatic rings. The van der Waals surface area contributed by atoms with Gasteiger partial charge in [0.05, 0.1) is 12.1 Å². The van der Waals surface area contributed by atoms with Crippen LogP contribution in [0.2, 0.25) is 5.02 Å². The van der Waals surface area contributed by atoms with E-state index in [0.717, 1.165) is 49.9 Å². The summed E-state index contributed by atoms with van der Waals surface area (Å²) < 4.78 is 5.85. The van der Waals surface area contributed by atoms with Crippen LogP contribution >= 0.6 is 11.6 Å². The van der Waals surface area contributed by atoms with E-state index in [1.54, 1.807) is 5.56 Å². The Morgan fingerprint density at radius 2 is 1.61 bits per heavy atom. The van der Waals surface area contributed by atoms with Crippen molar-refractivity contribution in [2.45, 2.75) is 102 Å². The average molecular weight is 685 g/mol. The van der Waals surface area contributed by atoms with Gasteiger partial charge in [-0.2, -0.15) is 0 Å². The zero-order chi connectivity index (χ0) is 34.7. The summed E-state index contributed by atoms with van der Waals surface area (Å²) in [5.74, 6) is 0.587. The second kappa shape index (κ2) is 15.2. The van der Waals surface area contributed by atoms with E-state index in [-0.39, 0.29) is 18.0 Å². The molecule has 0 spiro atoms. The molecule has 1 unspecified atom stereocenters. The number of amides is 2. The Bertz CT molecular complexity index is 1610. The van der Waals surface area contributed by atoms with Crippen molar-refractivity contribution >= 4 is 23.6 Å². The Balaban J connectivity index is 1.17. The maximum absolute atomic E-state index is 14.4. The highest BCUT2D eigenvalue weighted by Gasteiger charge is 2.35. The Morgan fingerprint density at radius 3 is 2.31 bits per heavy atom. The zero-order valence-electron chi connectivity index (χ0n) is 29.9. The normalized spacial score (nSPS) is 20.5. The number of hydrogen-bond acceptors (Lipinski definition) is 5. The van der Waals surface area contributed by atoms with E-state index in [4.69, 9.17) is 16.3 Å². The smallest absolute Gasteiger partial charge is 0.410 e. The molecule has 2 amide bonds. The molecule has 2 aliphatic heterocycles. The third-order valence-electron chi connectivity index (χ3n) is 10.7. The molecule has 7 nitrogen and oxygen atoms in total. The molecular weight excluding hydrogens is 632 g/mol. The summed E-state index contributed by atoms with van der Waals surface area (Å²) >= 11 is 6.22. The Morgan fingerprint density at radius 1 is 0.918 bits per heavy atom. The number of piperidine rings is 1. The van der Waals surface area contributed by atoms with Crippen LogP contribution in [0.3, 0.4) is 0 Å². The molecule has 1 fully saturated rings. The van der Waals surface area contributed by atoms with Crippen molar-refractivity contribution in [1.82, 2.24) is 20.0 Å². The fraction of sp³-hybridized carbons (Fsp3) is 0.512. The number of rotatable bonds is 8. The van der Waals surface area contributed by atoms with Crippen molar-refractivity contribution in [2.24, 2.45) is 0 Å². The highest BCUT2D eigenvalue weighted by molar-refractivity contribution is 6.30. The highest BCUT2D eigenvalue weighted by atomic mass is 35.5. The third kappa shape index (κ3) is 8.68. The first-order valence-corrected chi connectivity index (χ1v) is 18.4. The summed E-state index contributed by atoms with van der Waals surface area (Å²) in [5, 5.41) is 4.33. The first-order chi connectivity index (χ1) is 23.4. The predicted molar refractivity (Wildman–Crippen MR) is 197 cm³/mol. The quantitative estimate of drug-likeness (QED) is 0.276. The van der Waals surface area contributed by atoms with Gasteiger partial charge in [0.25, 0.3) is 0 Å². The molecule has 8 heteroatoms. The number of carbonyl (C=O) groups is 2. The minimum atomic E-state index is -0.599. The Hall–Kier alpha value is -3.39. The number of nitrogens with one attached hydrogen (secondary N) is 1. The van der Waals surface area contributed by atoms with Crippen molar-refractivity contribution in [2.75, 3.05) is 33.7 Å². The van der Waals surface area contributed by atoms with E-state index in [1.807, 2.05) is 56.0 Å². The van der Waals surface area contributed by atoms with Gasteiger partial charge in [0.15, 0.2) is 0 Å². The largest absolute Gasteiger partial charge is 0.444 e. The average Bonchev–Trinajstić information content (AvgIpc) is 3.09. The van der Waals surface area contributed by atoms with Crippen LogP contribution < -0.4 is 5.32 Å². The van der Waals surface area contributed by atoms with Crippen molar-refractivity contribution in [3.63, 3.8) is 0 Å². The monoisotopic (exact) mass is 684 g/mol. The van der Waals surface area contributed by atoms with Crippen LogP contribution in [0, 0.1) is 0 Å². The molecule has 3 aromatic rings. The number of aryl methyl sites for hydroxylation is 1. The predicted octanol–water partition coefficient (Wildman–Crippen LogP) is 7.03. The molecule has 0 saturated carbocycles. The topological polar surface area (TPSA) is 65.1 Å². The molecule has 1 aliphatic carbocycles. The van der Waals surface area contributed by atoms with Crippen molar-refractivity contribution < 1.29 is 14.3 Å². The molecule has 1 N–H and O–H groups in total. The molecule has 6 rings (SSSR count). The lowest BCUT2D eigenvalue weighted by atomic mass is 9.78. The second-order valence-corrected chi connectivity index (χ2v) is 15.9. The van der Waals surface area contributed by atoms with Gasteiger partial charge in [-0.25, -0.2) is 4.79 Å². The lowest BCUT2D eigenvalue weighted by Gasteiger charge is -2.39. The number of halogens is 1. The van der Waals surface area contributed by atoms with Crippen LogP contribution in [-0.2, 0) is 41.8 Å². The molecule has 3 atom stereocenters. The van der Waals surface area contributed by atoms with Crippen LogP contribution in [0.25, 0.3) is 0 Å². The maximum atomic E-state index is 14.4. The van der Waals surface area contributed by atoms with Gasteiger partial charge in [0.1, 0.15) is 5.60 Å². The van der Waals surface area contributed by atoms with Gasteiger partial charge in [0.2, 0.25) is 5.91 Å². The summed E-state index contributed by atoms with van der Waals surface area (Å²) in [5.41, 5.74) is 7.37. The number of ether oxygens (including phenoxy) is 1. The summed E-state index contributed by atoms with van der Waals surface area (Å²) in [6.45, 7) is 8.14. The Kier molecular flexibility index (Phi) is 11.0. The summed E-state index contributed by atoms with van der Waals surface area (Å²) in [4.78, 5) is 34.1. The molecule has 0 radical (unpaired) electrons. The van der Waals surface area contributed by atoms with Gasteiger partial charge in [-0.1, -0.05) is 66.2 Å². The van der Waals surface area contributed by atoms with Gasteiger partial charge >= 0.3 is 6.09 Å². The SMILES string of the molecule is CN(C)C1CCc2cccc(C3CCN(C(=O)[C@@H](Cc4ccc(Cl)cc4)NC[C@H]4Cc5ccccc5CN4C(=O)OC(C)(C)C)CC3)c2C1. The molecule has 262 valence electrons. The summed E-state index contributed by atoms with van der Waals surface area (Å²) in [7, 11) is 4.39. The number of benzene rings is 3. The van der Waals surface area contributed by atoms with E-state index in [9.17, 15) is 9.59 Å². The van der Waals surface area contributed by atoms with E-state index in [1.165, 1.54) is 23.1 Å². The first-order valence-electron chi connectivity index (χ1n) is 18.1. The van der Waals surface area contributed by atoms with Crippen LogP contribution in [0.4, 0.5) is 4.79 Å². The Labute approximate surface area is 297 Å². The molecule has 0 bridgehead atoms. The molecule has 2 heterocycles. The third-order valence-corrected chi connectivity index (χ3v) is 11.0. The van der Waals surface area contributed by atoms with Crippen LogP contribution in [-0.4, -0.2) is 84.2 Å². The number of likely N-dealkylation sites (N-methyl/N-ethyl adjacent to an activating group) is 1. The maximum Gasteiger partial charge on any atom is 0.410 e. The van der Waals surface area contributed by atoms with Crippen molar-refractivity contribution in [1.29, 1.82) is 0 Å². The van der Waals surface area contributed by atoms with Crippen LogP contribution in [0.15, 0.2) is 66.7 Å². The molecule has 1 saturated heterocycles. The van der Waals surface area contributed by atoms with Gasteiger partial charge in [-0.3, -0.25) is 9.69 Å². The lowest BCUT2D eigenvalue weighted by Crippen LogP contribution is -2.55. The van der Waals surface area contributed by atoms with Gasteiger partial charge in [-0.05, 0) is 131 Å². The number of carbonyl (C=O) groups excluding carboxylic acids is 2. The fourth-order valence-corrected chi connectivity index (χ4v) is 8.06. The van der Waals surface area contributed by atoms with Crippen LogP contribution in [0.5, 0.6) is 0 Å². The molecule has 0 aromatic heterocycles. The molecule has 3 aromatic carbocycles. The van der Waals surface area contributed by atoms with E-state index in [2.05, 4.69) is 65.6 Å². The van der Waals surface area contributed by atoms with E-state index in [0.29, 0.717) is 42.9 Å². The fourth-order valence-electron chi connectivity index (χ4n) is 7.94. The van der Waals surface area contributed by atoms with Gasteiger partial charge in [0, 0.05) is 37.2 Å². The highest BCUT2D eigenvalue weighted by Crippen LogP contribution is 2.36. The van der Waals surface area contributed by atoms with E-state index >= 15 is 0 Å². The number of fused-ring (bicyclic) bond motifs is 2. The van der Waals surface area contributed by atoms with Crippen molar-refractivity contribution in [3.8, 4) is 0 Å². The standard InChI is InChI=1S/C41H53ClN4O3/c1-41(2,3)49-40(48)46-27-32-10-7-6-9-31(32)24-35(46)26-43-38(23-28-13-16-33(42)17-14-28)39(47)45-21-19-30(20-22-45)36-12-8-11-29-15-18-34(44(4)5)25-37(29)36/h6-14,16-17,30,34-35,38,43H,15,18-27H2,1-5H3/t34?,35-,38-/m1/s1. The van der Waals surface area contributed by atoms with E-state index < -0.39 is 11.6 Å². The molecular formula is C41H53ClN4O3. The van der Waals surface area contributed by atoms with Gasteiger partial charge in [-0.15, -0.1) is 0 Å². The second-order valence-electron chi connectivity index (χ2n) is 15.5. The zero-order valence-corrected chi connectivity index (χ0v) is 30.6. The number of likely N-dealkylation sites (tertiary alicyclic amines) is 1.